The van der Waals surface area contributed by atoms with E-state index in [1.807, 2.05) is 38.2 Å². The molecule has 0 saturated heterocycles. The number of ether oxygens (including phenoxy) is 1. The summed E-state index contributed by atoms with van der Waals surface area (Å²) in [5.41, 5.74) is 3.01. The highest BCUT2D eigenvalue weighted by molar-refractivity contribution is 5.95. The van der Waals surface area contributed by atoms with Crippen LogP contribution in [0.15, 0.2) is 35.5 Å². The quantitative estimate of drug-likeness (QED) is 0.783. The van der Waals surface area contributed by atoms with Crippen LogP contribution in [0.4, 0.5) is 4.79 Å². The van der Waals surface area contributed by atoms with E-state index in [9.17, 15) is 9.59 Å². The third-order valence-corrected chi connectivity index (χ3v) is 4.00. The fourth-order valence-corrected chi connectivity index (χ4v) is 2.83. The third kappa shape index (κ3) is 4.14. The first-order chi connectivity index (χ1) is 11.5. The van der Waals surface area contributed by atoms with Gasteiger partial charge in [-0.2, -0.15) is 0 Å². The molecule has 130 valence electrons. The van der Waals surface area contributed by atoms with E-state index in [2.05, 4.69) is 22.5 Å². The standard InChI is InChI=1S/C18H25N3O3/c1-5-10-21(3)11-14-15(17(22)24-4)16(20-18(23)19-14)13-8-6-12(2)7-9-13/h6-9,16H,5,10-11H2,1-4H3,(H2,19,20,23)/t16-/m0/s1. The molecule has 2 amide bonds. The van der Waals surface area contributed by atoms with Crippen molar-refractivity contribution < 1.29 is 14.3 Å². The number of likely N-dealkylation sites (N-methyl/N-ethyl adjacent to an activating group) is 1. The van der Waals surface area contributed by atoms with Crippen molar-refractivity contribution in [3.05, 3.63) is 46.7 Å². The molecular weight excluding hydrogens is 306 g/mol. The third-order valence-electron chi connectivity index (χ3n) is 4.00. The van der Waals surface area contributed by atoms with Gasteiger partial charge in [0.15, 0.2) is 0 Å². The number of benzene rings is 1. The van der Waals surface area contributed by atoms with Crippen molar-refractivity contribution in [2.45, 2.75) is 26.3 Å². The zero-order valence-corrected chi connectivity index (χ0v) is 14.7. The van der Waals surface area contributed by atoms with Gasteiger partial charge in [0, 0.05) is 12.2 Å². The van der Waals surface area contributed by atoms with Gasteiger partial charge >= 0.3 is 12.0 Å². The Hall–Kier alpha value is -2.34. The average molecular weight is 331 g/mol. The van der Waals surface area contributed by atoms with E-state index in [0.717, 1.165) is 24.1 Å². The number of amides is 2. The van der Waals surface area contributed by atoms with Gasteiger partial charge in [-0.05, 0) is 32.5 Å². The highest BCUT2D eigenvalue weighted by atomic mass is 16.5. The number of carbonyl (C=O) groups excluding carboxylic acids is 2. The molecular formula is C18H25N3O3. The smallest absolute Gasteiger partial charge is 0.338 e. The lowest BCUT2D eigenvalue weighted by Crippen LogP contribution is -2.48. The van der Waals surface area contributed by atoms with Gasteiger partial charge < -0.3 is 20.3 Å². The van der Waals surface area contributed by atoms with Gasteiger partial charge in [0.1, 0.15) is 0 Å². The minimum absolute atomic E-state index is 0.312. The summed E-state index contributed by atoms with van der Waals surface area (Å²) >= 11 is 0. The Morgan fingerprint density at radius 2 is 1.96 bits per heavy atom. The minimum Gasteiger partial charge on any atom is -0.466 e. The number of urea groups is 1. The first kappa shape index (κ1) is 18.0. The molecule has 1 aromatic rings. The fourth-order valence-electron chi connectivity index (χ4n) is 2.83. The molecule has 0 aliphatic carbocycles. The van der Waals surface area contributed by atoms with Crippen LogP contribution in [0.3, 0.4) is 0 Å². The first-order valence-electron chi connectivity index (χ1n) is 8.10. The largest absolute Gasteiger partial charge is 0.466 e. The summed E-state index contributed by atoms with van der Waals surface area (Å²) in [6, 6.07) is 6.93. The number of nitrogens with zero attached hydrogens (tertiary/aromatic N) is 1. The molecule has 0 aromatic heterocycles. The van der Waals surface area contributed by atoms with Crippen molar-refractivity contribution in [3.63, 3.8) is 0 Å². The first-order valence-corrected chi connectivity index (χ1v) is 8.10. The number of carbonyl (C=O) groups is 2. The van der Waals surface area contributed by atoms with Gasteiger partial charge in [0.05, 0.1) is 18.7 Å². The number of rotatable bonds is 6. The number of aryl methyl sites for hydroxylation is 1. The second-order valence-electron chi connectivity index (χ2n) is 6.06. The van der Waals surface area contributed by atoms with Crippen molar-refractivity contribution in [2.75, 3.05) is 27.2 Å². The Labute approximate surface area is 142 Å². The summed E-state index contributed by atoms with van der Waals surface area (Å²) in [5.74, 6) is -0.437. The number of esters is 1. The van der Waals surface area contributed by atoms with E-state index in [4.69, 9.17) is 4.74 Å². The number of nitrogens with one attached hydrogen (secondary N) is 2. The molecule has 1 aliphatic rings. The van der Waals surface area contributed by atoms with E-state index in [-0.39, 0.29) is 6.03 Å². The van der Waals surface area contributed by atoms with Crippen LogP contribution < -0.4 is 10.6 Å². The molecule has 1 aromatic carbocycles. The van der Waals surface area contributed by atoms with Crippen molar-refractivity contribution in [1.29, 1.82) is 0 Å². The minimum atomic E-state index is -0.517. The molecule has 0 saturated carbocycles. The van der Waals surface area contributed by atoms with Crippen LogP contribution in [0.25, 0.3) is 0 Å². The van der Waals surface area contributed by atoms with Crippen molar-refractivity contribution in [3.8, 4) is 0 Å². The lowest BCUT2D eigenvalue weighted by molar-refractivity contribution is -0.136. The second-order valence-corrected chi connectivity index (χ2v) is 6.06. The summed E-state index contributed by atoms with van der Waals surface area (Å²) in [6.45, 7) is 5.43. The molecule has 0 spiro atoms. The molecule has 0 fully saturated rings. The van der Waals surface area contributed by atoms with Gasteiger partial charge in [-0.1, -0.05) is 36.8 Å². The second kappa shape index (κ2) is 7.97. The Morgan fingerprint density at radius 1 is 1.29 bits per heavy atom. The van der Waals surface area contributed by atoms with E-state index in [1.165, 1.54) is 7.11 Å². The maximum Gasteiger partial charge on any atom is 0.338 e. The van der Waals surface area contributed by atoms with Gasteiger partial charge in [0.2, 0.25) is 0 Å². The summed E-state index contributed by atoms with van der Waals surface area (Å²) in [7, 11) is 3.31. The van der Waals surface area contributed by atoms with Gasteiger partial charge in [-0.3, -0.25) is 0 Å². The summed E-state index contributed by atoms with van der Waals surface area (Å²) in [6.07, 6.45) is 0.991. The predicted octanol–water partition coefficient (Wildman–Crippen LogP) is 2.12. The molecule has 0 unspecified atom stereocenters. The molecule has 1 aliphatic heterocycles. The summed E-state index contributed by atoms with van der Waals surface area (Å²) < 4.78 is 4.97. The molecule has 6 heteroatoms. The maximum atomic E-state index is 12.4. The van der Waals surface area contributed by atoms with E-state index in [0.29, 0.717) is 17.8 Å². The monoisotopic (exact) mass is 331 g/mol. The number of methoxy groups -OCH3 is 1. The highest BCUT2D eigenvalue weighted by Crippen LogP contribution is 2.28. The SMILES string of the molecule is CCCN(C)CC1=C(C(=O)OC)[C@H](c2ccc(C)cc2)NC(=O)N1. The zero-order valence-electron chi connectivity index (χ0n) is 14.7. The molecule has 24 heavy (non-hydrogen) atoms. The van der Waals surface area contributed by atoms with Gasteiger partial charge in [-0.15, -0.1) is 0 Å². The average Bonchev–Trinajstić information content (AvgIpc) is 2.54. The van der Waals surface area contributed by atoms with Crippen LogP contribution in [0.2, 0.25) is 0 Å². The lowest BCUT2D eigenvalue weighted by Gasteiger charge is -2.31. The topological polar surface area (TPSA) is 70.7 Å². The van der Waals surface area contributed by atoms with E-state index < -0.39 is 12.0 Å². The summed E-state index contributed by atoms with van der Waals surface area (Å²) in [5, 5.41) is 5.59. The molecule has 0 radical (unpaired) electrons. The molecule has 1 heterocycles. The Balaban J connectivity index is 2.44. The van der Waals surface area contributed by atoms with Crippen molar-refractivity contribution in [1.82, 2.24) is 15.5 Å². The van der Waals surface area contributed by atoms with E-state index in [1.54, 1.807) is 0 Å². The van der Waals surface area contributed by atoms with Crippen molar-refractivity contribution >= 4 is 12.0 Å². The van der Waals surface area contributed by atoms with Gasteiger partial charge in [-0.25, -0.2) is 9.59 Å². The molecule has 2 N–H and O–H groups in total. The molecule has 1 atom stereocenters. The maximum absolute atomic E-state index is 12.4. The Bertz CT molecular complexity index is 637. The van der Waals surface area contributed by atoms with Crippen LogP contribution in [-0.2, 0) is 9.53 Å². The molecule has 6 nitrogen and oxygen atoms in total. The summed E-state index contributed by atoms with van der Waals surface area (Å²) in [4.78, 5) is 26.5. The van der Waals surface area contributed by atoms with Crippen LogP contribution >= 0.6 is 0 Å². The number of hydrogen-bond acceptors (Lipinski definition) is 4. The lowest BCUT2D eigenvalue weighted by atomic mass is 9.94. The highest BCUT2D eigenvalue weighted by Gasteiger charge is 2.33. The van der Waals surface area contributed by atoms with Crippen LogP contribution in [0.1, 0.15) is 30.5 Å². The Kier molecular flexibility index (Phi) is 5.98. The van der Waals surface area contributed by atoms with E-state index >= 15 is 0 Å². The molecule has 2 rings (SSSR count). The van der Waals surface area contributed by atoms with Crippen LogP contribution in [-0.4, -0.2) is 44.1 Å². The van der Waals surface area contributed by atoms with Crippen molar-refractivity contribution in [2.24, 2.45) is 0 Å². The zero-order chi connectivity index (χ0) is 17.7. The van der Waals surface area contributed by atoms with Crippen LogP contribution in [0.5, 0.6) is 0 Å². The number of hydrogen-bond donors (Lipinski definition) is 2. The van der Waals surface area contributed by atoms with Gasteiger partial charge in [0.25, 0.3) is 0 Å². The fraction of sp³-hybridized carbons (Fsp3) is 0.444. The molecule has 0 bridgehead atoms. The predicted molar refractivity (Wildman–Crippen MR) is 92.4 cm³/mol. The van der Waals surface area contributed by atoms with Crippen LogP contribution in [0, 0.1) is 6.92 Å². The Morgan fingerprint density at radius 3 is 2.54 bits per heavy atom. The normalized spacial score (nSPS) is 17.5.